The van der Waals surface area contributed by atoms with Crippen LogP contribution in [0.15, 0.2) is 64.8 Å². The van der Waals surface area contributed by atoms with Crippen molar-refractivity contribution in [1.29, 1.82) is 0 Å². The van der Waals surface area contributed by atoms with Crippen LogP contribution in [0.2, 0.25) is 0 Å². The smallest absolute Gasteiger partial charge is 0.353 e. The first-order chi connectivity index (χ1) is 14.6. The molecule has 1 saturated heterocycles. The number of rotatable bonds is 7. The molecule has 0 spiro atoms. The van der Waals surface area contributed by atoms with E-state index in [1.165, 1.54) is 4.40 Å². The first-order valence-corrected chi connectivity index (χ1v) is 10.1. The Morgan fingerprint density at radius 1 is 1.33 bits per heavy atom. The van der Waals surface area contributed by atoms with Gasteiger partial charge in [0.1, 0.15) is 6.20 Å². The van der Waals surface area contributed by atoms with Crippen LogP contribution in [-0.4, -0.2) is 29.3 Å². The molecule has 2 aromatic heterocycles. The van der Waals surface area contributed by atoms with Crippen LogP contribution >= 0.6 is 0 Å². The molecule has 1 fully saturated rings. The van der Waals surface area contributed by atoms with E-state index in [9.17, 15) is 9.59 Å². The Labute approximate surface area is 174 Å². The van der Waals surface area contributed by atoms with Gasteiger partial charge in [0.15, 0.2) is 5.56 Å². The monoisotopic (exact) mass is 406 g/mol. The Bertz CT molecular complexity index is 1150. The van der Waals surface area contributed by atoms with Crippen LogP contribution in [0.1, 0.15) is 40.7 Å². The highest BCUT2D eigenvalue weighted by molar-refractivity contribution is 6.08. The molecule has 0 radical (unpaired) electrons. The van der Waals surface area contributed by atoms with Gasteiger partial charge in [-0.2, -0.15) is 4.40 Å². The third-order valence-corrected chi connectivity index (χ3v) is 5.03. The van der Waals surface area contributed by atoms with E-state index < -0.39 is 0 Å². The lowest BCUT2D eigenvalue weighted by Gasteiger charge is -2.07. The highest BCUT2D eigenvalue weighted by atomic mass is 16.8. The minimum Gasteiger partial charge on any atom is -0.364 e. The largest absolute Gasteiger partial charge is 0.364 e. The molecular formula is C23H24N3O4+. The van der Waals surface area contributed by atoms with Gasteiger partial charge in [-0.15, -0.1) is 0 Å². The fourth-order valence-electron chi connectivity index (χ4n) is 3.52. The van der Waals surface area contributed by atoms with E-state index in [1.54, 1.807) is 36.8 Å². The van der Waals surface area contributed by atoms with Crippen molar-refractivity contribution in [3.63, 3.8) is 0 Å². The molecule has 1 atom stereocenters. The van der Waals surface area contributed by atoms with Crippen LogP contribution in [0, 0.1) is 6.92 Å². The van der Waals surface area contributed by atoms with Gasteiger partial charge in [0, 0.05) is 30.7 Å². The number of aromatic nitrogens is 2. The zero-order valence-corrected chi connectivity index (χ0v) is 16.9. The van der Waals surface area contributed by atoms with Crippen molar-refractivity contribution >= 4 is 17.6 Å². The fraction of sp³-hybridized carbons (Fsp3) is 0.304. The molecule has 1 aliphatic heterocycles. The van der Waals surface area contributed by atoms with Crippen molar-refractivity contribution in [2.45, 2.75) is 39.0 Å². The summed E-state index contributed by atoms with van der Waals surface area (Å²) in [5.41, 5.74) is 1.98. The minimum atomic E-state index is -0.330. The van der Waals surface area contributed by atoms with E-state index in [-0.39, 0.29) is 23.2 Å². The number of ether oxygens (including phenoxy) is 1. The number of carbonyl (C=O) groups is 1. The van der Waals surface area contributed by atoms with E-state index in [4.69, 9.17) is 9.57 Å². The first-order valence-electron chi connectivity index (χ1n) is 10.1. The average Bonchev–Trinajstić information content (AvgIpc) is 3.28. The molecule has 7 nitrogen and oxygen atoms in total. The van der Waals surface area contributed by atoms with Crippen molar-refractivity contribution in [1.82, 2.24) is 4.40 Å². The summed E-state index contributed by atoms with van der Waals surface area (Å²) in [5.74, 6) is -0.286. The molecule has 3 aromatic rings. The summed E-state index contributed by atoms with van der Waals surface area (Å²) in [6, 6.07) is 12.7. The predicted molar refractivity (Wildman–Crippen MR) is 112 cm³/mol. The maximum atomic E-state index is 13.1. The SMILES string of the molecule is Cc1cccc(C(=O)c2c[n+](CCC=NOC3CCCO3)c3ccccn3c2=O)c1. The number of benzene rings is 1. The molecule has 30 heavy (non-hydrogen) atoms. The summed E-state index contributed by atoms with van der Waals surface area (Å²) < 4.78 is 8.76. The summed E-state index contributed by atoms with van der Waals surface area (Å²) in [7, 11) is 0. The summed E-state index contributed by atoms with van der Waals surface area (Å²) in [6.45, 7) is 3.17. The first kappa shape index (κ1) is 20.0. The number of hydrogen-bond acceptors (Lipinski definition) is 5. The summed E-state index contributed by atoms with van der Waals surface area (Å²) in [6.07, 6.45) is 7.15. The fourth-order valence-corrected chi connectivity index (χ4v) is 3.52. The van der Waals surface area contributed by atoms with Crippen molar-refractivity contribution in [3.05, 3.63) is 81.9 Å². The second-order valence-electron chi connectivity index (χ2n) is 7.29. The lowest BCUT2D eigenvalue weighted by atomic mass is 10.0. The highest BCUT2D eigenvalue weighted by Crippen LogP contribution is 2.13. The summed E-state index contributed by atoms with van der Waals surface area (Å²) >= 11 is 0. The van der Waals surface area contributed by atoms with Gasteiger partial charge in [0.05, 0.1) is 19.3 Å². The minimum absolute atomic E-state index is 0.136. The van der Waals surface area contributed by atoms with Gasteiger partial charge in [-0.1, -0.05) is 35.0 Å². The average molecular weight is 406 g/mol. The summed E-state index contributed by atoms with van der Waals surface area (Å²) in [5, 5.41) is 3.98. The lowest BCUT2D eigenvalue weighted by molar-refractivity contribution is -0.673. The number of oxime groups is 1. The van der Waals surface area contributed by atoms with E-state index in [2.05, 4.69) is 5.16 Å². The molecule has 1 aromatic carbocycles. The molecule has 1 aliphatic rings. The molecule has 7 heteroatoms. The Hall–Kier alpha value is -3.32. The van der Waals surface area contributed by atoms with Crippen molar-refractivity contribution in [2.24, 2.45) is 5.16 Å². The third kappa shape index (κ3) is 4.31. The number of nitrogens with zero attached hydrogens (tertiary/aromatic N) is 3. The molecular weight excluding hydrogens is 382 g/mol. The molecule has 0 N–H and O–H groups in total. The quantitative estimate of drug-likeness (QED) is 0.262. The van der Waals surface area contributed by atoms with E-state index in [0.717, 1.165) is 18.4 Å². The molecule has 1 unspecified atom stereocenters. The second kappa shape index (κ2) is 9.00. The van der Waals surface area contributed by atoms with Gasteiger partial charge in [-0.25, -0.2) is 9.36 Å². The Morgan fingerprint density at radius 3 is 3.03 bits per heavy atom. The lowest BCUT2D eigenvalue weighted by Crippen LogP contribution is -2.42. The van der Waals surface area contributed by atoms with E-state index in [0.29, 0.717) is 30.8 Å². The third-order valence-electron chi connectivity index (χ3n) is 5.03. The molecule has 0 amide bonds. The maximum absolute atomic E-state index is 13.1. The van der Waals surface area contributed by atoms with Crippen LogP contribution in [-0.2, 0) is 16.1 Å². The van der Waals surface area contributed by atoms with Crippen LogP contribution < -0.4 is 10.1 Å². The predicted octanol–water partition coefficient (Wildman–Crippen LogP) is 2.66. The van der Waals surface area contributed by atoms with Gasteiger partial charge in [-0.3, -0.25) is 4.79 Å². The number of carbonyl (C=O) groups excluding carboxylic acids is 1. The normalized spacial score (nSPS) is 16.4. The van der Waals surface area contributed by atoms with Crippen molar-refractivity contribution < 1.29 is 18.9 Å². The zero-order valence-electron chi connectivity index (χ0n) is 16.9. The molecule has 0 bridgehead atoms. The Morgan fingerprint density at radius 2 is 2.23 bits per heavy atom. The Kier molecular flexibility index (Phi) is 5.99. The maximum Gasteiger partial charge on any atom is 0.353 e. The second-order valence-corrected chi connectivity index (χ2v) is 7.29. The van der Waals surface area contributed by atoms with Crippen LogP contribution in [0.5, 0.6) is 0 Å². The molecule has 0 saturated carbocycles. The van der Waals surface area contributed by atoms with Gasteiger partial charge in [-0.05, 0) is 25.5 Å². The highest BCUT2D eigenvalue weighted by Gasteiger charge is 2.22. The van der Waals surface area contributed by atoms with E-state index >= 15 is 0 Å². The number of aryl methyl sites for hydroxylation is 2. The zero-order chi connectivity index (χ0) is 20.9. The molecule has 4 rings (SSSR count). The number of ketones is 1. The molecule has 3 heterocycles. The summed E-state index contributed by atoms with van der Waals surface area (Å²) in [4.78, 5) is 31.3. The van der Waals surface area contributed by atoms with E-state index in [1.807, 2.05) is 35.8 Å². The number of hydrogen-bond donors (Lipinski definition) is 0. The van der Waals surface area contributed by atoms with Gasteiger partial charge in [0.2, 0.25) is 12.1 Å². The van der Waals surface area contributed by atoms with Gasteiger partial charge < -0.3 is 9.57 Å². The number of pyridine rings is 1. The van der Waals surface area contributed by atoms with Crippen LogP contribution in [0.25, 0.3) is 5.65 Å². The van der Waals surface area contributed by atoms with Crippen LogP contribution in [0.3, 0.4) is 0 Å². The molecule has 0 aliphatic carbocycles. The van der Waals surface area contributed by atoms with Gasteiger partial charge >= 0.3 is 5.56 Å². The van der Waals surface area contributed by atoms with Crippen molar-refractivity contribution in [3.8, 4) is 0 Å². The topological polar surface area (TPSA) is 73.2 Å². The van der Waals surface area contributed by atoms with Crippen molar-refractivity contribution in [2.75, 3.05) is 6.61 Å². The van der Waals surface area contributed by atoms with Gasteiger partial charge in [0.25, 0.3) is 5.65 Å². The number of fused-ring (bicyclic) bond motifs is 1. The van der Waals surface area contributed by atoms with Crippen LogP contribution in [0.4, 0.5) is 0 Å². The molecule has 154 valence electrons. The standard InChI is InChI=1S/C23H24N3O4/c1-17-7-4-8-18(15-17)22(27)19-16-25(20-9-2-3-13-26(20)23(19)28)12-6-11-24-30-21-10-5-14-29-21/h2-4,7-9,11,13,15-16,21H,5-6,10,12,14H2,1H3/q+1. The Balaban J connectivity index is 1.60.